The zero-order chi connectivity index (χ0) is 10.9. The van der Waals surface area contributed by atoms with Crippen molar-refractivity contribution < 1.29 is 23.1 Å². The summed E-state index contributed by atoms with van der Waals surface area (Å²) in [7, 11) is -3.61. The second-order valence-corrected chi connectivity index (χ2v) is 5.96. The third kappa shape index (κ3) is 1.90. The molecule has 0 aromatic rings. The van der Waals surface area contributed by atoms with E-state index in [1.165, 1.54) is 6.92 Å². The largest absolute Gasteiger partial charge is 0.480 e. The van der Waals surface area contributed by atoms with Crippen LogP contribution in [0.3, 0.4) is 0 Å². The molecular weight excluding hydrogens is 208 g/mol. The number of aliphatic carboxylic acids is 1. The van der Waals surface area contributed by atoms with Crippen molar-refractivity contribution in [2.75, 3.05) is 6.61 Å². The molecule has 0 aliphatic carbocycles. The first-order valence-electron chi connectivity index (χ1n) is 4.44. The van der Waals surface area contributed by atoms with E-state index in [0.717, 1.165) is 0 Å². The molecule has 1 aliphatic rings. The number of carboxylic acids is 1. The molecule has 3 atom stereocenters. The minimum atomic E-state index is -3.61. The Hall–Kier alpha value is -0.620. The molecule has 0 spiro atoms. The van der Waals surface area contributed by atoms with Crippen LogP contribution in [0.5, 0.6) is 0 Å². The quantitative estimate of drug-likeness (QED) is 0.729. The Morgan fingerprint density at radius 2 is 2.14 bits per heavy atom. The van der Waals surface area contributed by atoms with Crippen LogP contribution >= 0.6 is 0 Å². The van der Waals surface area contributed by atoms with Crippen molar-refractivity contribution in [2.24, 2.45) is 0 Å². The molecule has 6 heteroatoms. The number of rotatable bonds is 3. The maximum Gasteiger partial charge on any atom is 0.321 e. The minimum absolute atomic E-state index is 0.386. The predicted molar refractivity (Wildman–Crippen MR) is 49.8 cm³/mol. The number of ether oxygens (including phenoxy) is 1. The van der Waals surface area contributed by atoms with Gasteiger partial charge in [0.25, 0.3) is 0 Å². The fraction of sp³-hybridized carbons (Fsp3) is 0.875. The standard InChI is InChI=1S/C8H14O5S/c1-5-7(3-4-13-5)14(11,12)6(2)8(9)10/h5-7H,3-4H2,1-2H3,(H,9,10). The van der Waals surface area contributed by atoms with E-state index in [2.05, 4.69) is 0 Å². The number of carboxylic acid groups (broad SMARTS) is 1. The van der Waals surface area contributed by atoms with Gasteiger partial charge in [-0.2, -0.15) is 0 Å². The Balaban J connectivity index is 2.90. The molecule has 1 fully saturated rings. The minimum Gasteiger partial charge on any atom is -0.480 e. The summed E-state index contributed by atoms with van der Waals surface area (Å²) < 4.78 is 28.6. The molecule has 3 unspecified atom stereocenters. The fourth-order valence-corrected chi connectivity index (χ4v) is 3.39. The van der Waals surface area contributed by atoms with Crippen LogP contribution in [0.2, 0.25) is 0 Å². The van der Waals surface area contributed by atoms with Crippen LogP contribution in [0.4, 0.5) is 0 Å². The van der Waals surface area contributed by atoms with Gasteiger partial charge in [-0.1, -0.05) is 0 Å². The molecule has 0 bridgehead atoms. The Bertz CT molecular complexity index is 321. The molecule has 0 radical (unpaired) electrons. The van der Waals surface area contributed by atoms with Gasteiger partial charge in [-0.3, -0.25) is 4.79 Å². The SMILES string of the molecule is CC1OCCC1S(=O)(=O)C(C)C(=O)O. The van der Waals surface area contributed by atoms with Crippen LogP contribution in [0, 0.1) is 0 Å². The molecule has 0 amide bonds. The van der Waals surface area contributed by atoms with E-state index >= 15 is 0 Å². The lowest BCUT2D eigenvalue weighted by Crippen LogP contribution is -2.38. The zero-order valence-electron chi connectivity index (χ0n) is 8.13. The van der Waals surface area contributed by atoms with Crippen molar-refractivity contribution in [3.8, 4) is 0 Å². The Labute approximate surface area is 83.0 Å². The van der Waals surface area contributed by atoms with Gasteiger partial charge in [0.15, 0.2) is 15.1 Å². The molecule has 0 aromatic heterocycles. The second kappa shape index (κ2) is 3.86. The Morgan fingerprint density at radius 3 is 2.50 bits per heavy atom. The van der Waals surface area contributed by atoms with Gasteiger partial charge in [0.1, 0.15) is 0 Å². The summed E-state index contributed by atoms with van der Waals surface area (Å²) in [5.41, 5.74) is 0. The van der Waals surface area contributed by atoms with Gasteiger partial charge in [0.05, 0.1) is 11.4 Å². The summed E-state index contributed by atoms with van der Waals surface area (Å²) in [5.74, 6) is -1.30. The fourth-order valence-electron chi connectivity index (χ4n) is 1.55. The lowest BCUT2D eigenvalue weighted by molar-refractivity contribution is -0.136. The molecule has 0 saturated carbocycles. The van der Waals surface area contributed by atoms with Crippen LogP contribution < -0.4 is 0 Å². The lowest BCUT2D eigenvalue weighted by Gasteiger charge is -2.17. The molecule has 1 heterocycles. The molecule has 1 N–H and O–H groups in total. The van der Waals surface area contributed by atoms with Gasteiger partial charge in [-0.25, -0.2) is 8.42 Å². The number of sulfone groups is 1. The second-order valence-electron chi connectivity index (χ2n) is 3.47. The average Bonchev–Trinajstić information content (AvgIpc) is 2.50. The Kier molecular flexibility index (Phi) is 3.16. The monoisotopic (exact) mass is 222 g/mol. The van der Waals surface area contributed by atoms with E-state index in [9.17, 15) is 13.2 Å². The van der Waals surface area contributed by atoms with Crippen LogP contribution in [0.1, 0.15) is 20.3 Å². The predicted octanol–water partition coefficient (Wildman–Crippen LogP) is 0.0517. The van der Waals surface area contributed by atoms with E-state index in [-0.39, 0.29) is 0 Å². The van der Waals surface area contributed by atoms with E-state index in [1.54, 1.807) is 6.92 Å². The van der Waals surface area contributed by atoms with Gasteiger partial charge < -0.3 is 9.84 Å². The highest BCUT2D eigenvalue weighted by Gasteiger charge is 2.41. The molecule has 5 nitrogen and oxygen atoms in total. The Morgan fingerprint density at radius 1 is 1.57 bits per heavy atom. The summed E-state index contributed by atoms with van der Waals surface area (Å²) in [5, 5.41) is 6.62. The van der Waals surface area contributed by atoms with E-state index in [4.69, 9.17) is 9.84 Å². The third-order valence-electron chi connectivity index (χ3n) is 2.57. The van der Waals surface area contributed by atoms with Crippen LogP contribution in [0.25, 0.3) is 0 Å². The molecule has 0 aromatic carbocycles. The maximum atomic E-state index is 11.7. The molecule has 1 aliphatic heterocycles. The van der Waals surface area contributed by atoms with Crippen molar-refractivity contribution >= 4 is 15.8 Å². The smallest absolute Gasteiger partial charge is 0.321 e. The first kappa shape index (κ1) is 11.5. The summed E-state index contributed by atoms with van der Waals surface area (Å²) in [6.07, 6.45) is -0.0111. The first-order valence-corrected chi connectivity index (χ1v) is 6.05. The number of carbonyl (C=O) groups is 1. The number of hydrogen-bond acceptors (Lipinski definition) is 4. The summed E-state index contributed by atoms with van der Waals surface area (Å²) in [6.45, 7) is 3.24. The molecule has 14 heavy (non-hydrogen) atoms. The van der Waals surface area contributed by atoms with Crippen molar-refractivity contribution in [2.45, 2.75) is 36.9 Å². The van der Waals surface area contributed by atoms with Crippen LogP contribution in [-0.2, 0) is 19.4 Å². The van der Waals surface area contributed by atoms with E-state index < -0.39 is 32.4 Å². The van der Waals surface area contributed by atoms with Gasteiger partial charge in [0.2, 0.25) is 0 Å². The molecule has 1 rings (SSSR count). The highest BCUT2D eigenvalue weighted by molar-refractivity contribution is 7.93. The third-order valence-corrected chi connectivity index (χ3v) is 5.22. The topological polar surface area (TPSA) is 80.7 Å². The van der Waals surface area contributed by atoms with Crippen molar-refractivity contribution in [1.29, 1.82) is 0 Å². The first-order chi connectivity index (χ1) is 6.37. The van der Waals surface area contributed by atoms with Crippen LogP contribution in [0.15, 0.2) is 0 Å². The van der Waals surface area contributed by atoms with Gasteiger partial charge >= 0.3 is 5.97 Å². The van der Waals surface area contributed by atoms with Crippen molar-refractivity contribution in [3.63, 3.8) is 0 Å². The summed E-state index contributed by atoms with van der Waals surface area (Å²) in [4.78, 5) is 10.6. The van der Waals surface area contributed by atoms with Gasteiger partial charge in [0, 0.05) is 6.61 Å². The zero-order valence-corrected chi connectivity index (χ0v) is 8.95. The van der Waals surface area contributed by atoms with Crippen molar-refractivity contribution in [3.05, 3.63) is 0 Å². The summed E-state index contributed by atoms with van der Waals surface area (Å²) >= 11 is 0. The average molecular weight is 222 g/mol. The molecule has 82 valence electrons. The van der Waals surface area contributed by atoms with E-state index in [1.807, 2.05) is 0 Å². The highest BCUT2D eigenvalue weighted by Crippen LogP contribution is 2.24. The summed E-state index contributed by atoms with van der Waals surface area (Å²) in [6, 6.07) is 0. The number of hydrogen-bond donors (Lipinski definition) is 1. The lowest BCUT2D eigenvalue weighted by atomic mass is 10.3. The van der Waals surface area contributed by atoms with Gasteiger partial charge in [-0.05, 0) is 20.3 Å². The van der Waals surface area contributed by atoms with Crippen molar-refractivity contribution in [1.82, 2.24) is 0 Å². The molecular formula is C8H14O5S. The van der Waals surface area contributed by atoms with Gasteiger partial charge in [-0.15, -0.1) is 0 Å². The van der Waals surface area contributed by atoms with Crippen LogP contribution in [-0.4, -0.2) is 42.7 Å². The normalized spacial score (nSPS) is 30.1. The highest BCUT2D eigenvalue weighted by atomic mass is 32.2. The van der Waals surface area contributed by atoms with E-state index in [0.29, 0.717) is 13.0 Å². The maximum absolute atomic E-state index is 11.7. The molecule has 1 saturated heterocycles.